The molecule has 88 valence electrons. The van der Waals surface area contributed by atoms with E-state index in [9.17, 15) is 0 Å². The summed E-state index contributed by atoms with van der Waals surface area (Å²) >= 11 is 0. The number of nitrogens with one attached hydrogen (secondary N) is 1. The number of nitrogens with zero attached hydrogens (tertiary/aromatic N) is 1. The maximum Gasteiger partial charge on any atom is 0.0751 e. The smallest absolute Gasteiger partial charge is 0.0751 e. The molecule has 1 N–H and O–H groups in total. The molecule has 0 aliphatic carbocycles. The van der Waals surface area contributed by atoms with Gasteiger partial charge in [0, 0.05) is 6.20 Å². The Morgan fingerprint density at radius 3 is 2.53 bits per heavy atom. The maximum atomic E-state index is 4.43. The molecule has 1 heterocycles. The second kappa shape index (κ2) is 5.11. The van der Waals surface area contributed by atoms with Gasteiger partial charge in [-0.15, -0.1) is 0 Å². The Balaban J connectivity index is 2.42. The summed E-state index contributed by atoms with van der Waals surface area (Å²) < 4.78 is 0. The third kappa shape index (κ3) is 2.53. The molecule has 0 amide bonds. The number of hydrogen-bond donors (Lipinski definition) is 1. The van der Waals surface area contributed by atoms with Crippen molar-refractivity contribution in [1.29, 1.82) is 0 Å². The van der Waals surface area contributed by atoms with Crippen LogP contribution in [0.15, 0.2) is 42.6 Å². The van der Waals surface area contributed by atoms with Crippen molar-refractivity contribution < 1.29 is 0 Å². The number of aromatic nitrogens is 1. The maximum absolute atomic E-state index is 4.43. The second-order valence-corrected chi connectivity index (χ2v) is 4.34. The first-order chi connectivity index (χ1) is 8.22. The Labute approximate surface area is 103 Å². The monoisotopic (exact) mass is 226 g/mol. The number of rotatable bonds is 3. The van der Waals surface area contributed by atoms with Crippen LogP contribution >= 0.6 is 0 Å². The molecule has 0 saturated heterocycles. The molecular weight excluding hydrogens is 208 g/mol. The molecule has 0 radical (unpaired) electrons. The van der Waals surface area contributed by atoms with E-state index < -0.39 is 0 Å². The molecule has 0 saturated carbocycles. The Kier molecular flexibility index (Phi) is 3.55. The zero-order valence-electron chi connectivity index (χ0n) is 10.6. The molecule has 0 fully saturated rings. The highest BCUT2D eigenvalue weighted by Crippen LogP contribution is 2.23. The van der Waals surface area contributed by atoms with Crippen LogP contribution in [0.1, 0.15) is 28.4 Å². The lowest BCUT2D eigenvalue weighted by atomic mass is 9.97. The first kappa shape index (κ1) is 11.8. The molecule has 17 heavy (non-hydrogen) atoms. The number of aryl methyl sites for hydroxylation is 2. The predicted octanol–water partition coefficient (Wildman–Crippen LogP) is 3.01. The quantitative estimate of drug-likeness (QED) is 0.870. The largest absolute Gasteiger partial charge is 0.308 e. The average molecular weight is 226 g/mol. The summed E-state index contributed by atoms with van der Waals surface area (Å²) in [6, 6.07) is 12.7. The molecule has 1 atom stereocenters. The minimum Gasteiger partial charge on any atom is -0.308 e. The van der Waals surface area contributed by atoms with Crippen LogP contribution in [-0.4, -0.2) is 12.0 Å². The van der Waals surface area contributed by atoms with Gasteiger partial charge in [0.2, 0.25) is 0 Å². The van der Waals surface area contributed by atoms with E-state index in [1.165, 1.54) is 16.7 Å². The Bertz CT molecular complexity index is 492. The van der Waals surface area contributed by atoms with Gasteiger partial charge in [-0.3, -0.25) is 4.98 Å². The zero-order chi connectivity index (χ0) is 12.3. The van der Waals surface area contributed by atoms with E-state index in [0.717, 1.165) is 5.69 Å². The summed E-state index contributed by atoms with van der Waals surface area (Å²) in [6.45, 7) is 4.27. The molecule has 2 rings (SSSR count). The normalized spacial score (nSPS) is 12.4. The van der Waals surface area contributed by atoms with Gasteiger partial charge in [0.25, 0.3) is 0 Å². The summed E-state index contributed by atoms with van der Waals surface area (Å²) in [5.74, 6) is 0. The minimum absolute atomic E-state index is 0.164. The van der Waals surface area contributed by atoms with Crippen molar-refractivity contribution >= 4 is 0 Å². The number of pyridine rings is 1. The van der Waals surface area contributed by atoms with Crippen LogP contribution in [0, 0.1) is 13.8 Å². The van der Waals surface area contributed by atoms with Crippen molar-refractivity contribution in [3.8, 4) is 0 Å². The molecule has 2 aromatic rings. The highest BCUT2D eigenvalue weighted by atomic mass is 14.9. The Hall–Kier alpha value is -1.67. The van der Waals surface area contributed by atoms with Crippen LogP contribution in [0.25, 0.3) is 0 Å². The Morgan fingerprint density at radius 1 is 1.12 bits per heavy atom. The summed E-state index contributed by atoms with van der Waals surface area (Å²) in [5, 5.41) is 3.33. The third-order valence-electron chi connectivity index (χ3n) is 3.01. The number of benzene rings is 1. The van der Waals surface area contributed by atoms with Crippen LogP contribution in [0.3, 0.4) is 0 Å². The van der Waals surface area contributed by atoms with Crippen molar-refractivity contribution in [2.75, 3.05) is 7.05 Å². The fraction of sp³-hybridized carbons (Fsp3) is 0.267. The van der Waals surface area contributed by atoms with E-state index in [4.69, 9.17) is 0 Å². The van der Waals surface area contributed by atoms with Crippen molar-refractivity contribution in [2.24, 2.45) is 0 Å². The van der Waals surface area contributed by atoms with Gasteiger partial charge < -0.3 is 5.32 Å². The van der Waals surface area contributed by atoms with Gasteiger partial charge in [-0.25, -0.2) is 0 Å². The van der Waals surface area contributed by atoms with Crippen LogP contribution in [-0.2, 0) is 0 Å². The lowest BCUT2D eigenvalue weighted by Crippen LogP contribution is -2.19. The van der Waals surface area contributed by atoms with Crippen LogP contribution in [0.2, 0.25) is 0 Å². The van der Waals surface area contributed by atoms with E-state index in [2.05, 4.69) is 48.4 Å². The van der Waals surface area contributed by atoms with Crippen molar-refractivity contribution in [2.45, 2.75) is 19.9 Å². The standard InChI is InChI=1S/C15H18N2/c1-11-7-8-13(12(2)10-11)15(16-3)14-6-4-5-9-17-14/h4-10,15-16H,1-3H3. The molecule has 0 spiro atoms. The lowest BCUT2D eigenvalue weighted by Gasteiger charge is -2.18. The fourth-order valence-corrected chi connectivity index (χ4v) is 2.16. The van der Waals surface area contributed by atoms with Gasteiger partial charge in [0.1, 0.15) is 0 Å². The van der Waals surface area contributed by atoms with E-state index in [0.29, 0.717) is 0 Å². The summed E-state index contributed by atoms with van der Waals surface area (Å²) in [4.78, 5) is 4.43. The molecule has 1 unspecified atom stereocenters. The highest BCUT2D eigenvalue weighted by Gasteiger charge is 2.14. The SMILES string of the molecule is CNC(c1ccccn1)c1ccc(C)cc1C. The average Bonchev–Trinajstić information content (AvgIpc) is 2.34. The van der Waals surface area contributed by atoms with Gasteiger partial charge in [-0.05, 0) is 44.2 Å². The van der Waals surface area contributed by atoms with Crippen LogP contribution in [0.5, 0.6) is 0 Å². The van der Waals surface area contributed by atoms with E-state index in [-0.39, 0.29) is 6.04 Å². The molecule has 1 aromatic heterocycles. The summed E-state index contributed by atoms with van der Waals surface area (Å²) in [5.41, 5.74) is 4.94. The first-order valence-electron chi connectivity index (χ1n) is 5.87. The topological polar surface area (TPSA) is 24.9 Å². The molecule has 1 aromatic carbocycles. The lowest BCUT2D eigenvalue weighted by molar-refractivity contribution is 0.667. The molecule has 2 heteroatoms. The van der Waals surface area contributed by atoms with Gasteiger partial charge in [0.05, 0.1) is 11.7 Å². The van der Waals surface area contributed by atoms with Gasteiger partial charge in [0.15, 0.2) is 0 Å². The minimum atomic E-state index is 0.164. The molecular formula is C15H18N2. The van der Waals surface area contributed by atoms with Crippen molar-refractivity contribution in [3.63, 3.8) is 0 Å². The summed E-state index contributed by atoms with van der Waals surface area (Å²) in [6.07, 6.45) is 1.84. The summed E-state index contributed by atoms with van der Waals surface area (Å²) in [7, 11) is 1.97. The van der Waals surface area contributed by atoms with Gasteiger partial charge in [-0.2, -0.15) is 0 Å². The van der Waals surface area contributed by atoms with Crippen molar-refractivity contribution in [3.05, 3.63) is 65.0 Å². The third-order valence-corrected chi connectivity index (χ3v) is 3.01. The molecule has 0 bridgehead atoms. The van der Waals surface area contributed by atoms with Gasteiger partial charge in [-0.1, -0.05) is 29.8 Å². The predicted molar refractivity (Wildman–Crippen MR) is 71.1 cm³/mol. The van der Waals surface area contributed by atoms with Gasteiger partial charge >= 0.3 is 0 Å². The Morgan fingerprint density at radius 2 is 1.94 bits per heavy atom. The zero-order valence-corrected chi connectivity index (χ0v) is 10.6. The van der Waals surface area contributed by atoms with Crippen molar-refractivity contribution in [1.82, 2.24) is 10.3 Å². The highest BCUT2D eigenvalue weighted by molar-refractivity contribution is 5.36. The van der Waals surface area contributed by atoms with Crippen LogP contribution in [0.4, 0.5) is 0 Å². The van der Waals surface area contributed by atoms with E-state index >= 15 is 0 Å². The van der Waals surface area contributed by atoms with E-state index in [1.54, 1.807) is 0 Å². The molecule has 0 aliphatic heterocycles. The van der Waals surface area contributed by atoms with E-state index in [1.807, 2.05) is 25.4 Å². The fourth-order valence-electron chi connectivity index (χ4n) is 2.16. The second-order valence-electron chi connectivity index (χ2n) is 4.34. The van der Waals surface area contributed by atoms with Crippen LogP contribution < -0.4 is 5.32 Å². The molecule has 0 aliphatic rings. The first-order valence-corrected chi connectivity index (χ1v) is 5.87. The molecule has 2 nitrogen and oxygen atoms in total. The number of hydrogen-bond acceptors (Lipinski definition) is 2.